The fourth-order valence-corrected chi connectivity index (χ4v) is 11.2. The minimum absolute atomic E-state index is 0.0711. The summed E-state index contributed by atoms with van der Waals surface area (Å²) in [7, 11) is -2.07. The SMILES string of the molecule is CCCCOC1CC(OCC)c2cc(O[Si](C(C)C)(C(C)C)C(C)C)c3ccccc3c21. The van der Waals surface area contributed by atoms with Gasteiger partial charge in [0.15, 0.2) is 0 Å². The Labute approximate surface area is 197 Å². The van der Waals surface area contributed by atoms with Crippen LogP contribution in [0, 0.1) is 0 Å². The average Bonchev–Trinajstić information content (AvgIpc) is 3.09. The molecule has 0 amide bonds. The Hall–Kier alpha value is -1.36. The zero-order valence-electron chi connectivity index (χ0n) is 21.5. The fraction of sp³-hybridized carbons (Fsp3) is 0.643. The first-order valence-corrected chi connectivity index (χ1v) is 14.9. The molecule has 0 fully saturated rings. The summed E-state index contributed by atoms with van der Waals surface area (Å²) >= 11 is 0. The molecule has 2 aromatic rings. The summed E-state index contributed by atoms with van der Waals surface area (Å²) in [5.41, 5.74) is 4.17. The van der Waals surface area contributed by atoms with E-state index >= 15 is 0 Å². The largest absolute Gasteiger partial charge is 0.542 e. The lowest BCUT2D eigenvalue weighted by atomic mass is 9.98. The van der Waals surface area contributed by atoms with Gasteiger partial charge in [-0.1, -0.05) is 79.2 Å². The number of benzene rings is 2. The van der Waals surface area contributed by atoms with Crippen molar-refractivity contribution in [1.82, 2.24) is 0 Å². The van der Waals surface area contributed by atoms with Crippen LogP contribution in [0.3, 0.4) is 0 Å². The topological polar surface area (TPSA) is 27.7 Å². The molecule has 4 heteroatoms. The van der Waals surface area contributed by atoms with E-state index in [9.17, 15) is 0 Å². The molecule has 1 aliphatic rings. The fourth-order valence-electron chi connectivity index (χ4n) is 5.96. The van der Waals surface area contributed by atoms with Crippen LogP contribution in [0.5, 0.6) is 5.75 Å². The Morgan fingerprint density at radius 1 is 0.875 bits per heavy atom. The molecule has 2 aromatic carbocycles. The Morgan fingerprint density at radius 3 is 2.06 bits per heavy atom. The molecule has 32 heavy (non-hydrogen) atoms. The van der Waals surface area contributed by atoms with Crippen LogP contribution >= 0.6 is 0 Å². The maximum absolute atomic E-state index is 7.23. The Balaban J connectivity index is 2.16. The highest BCUT2D eigenvalue weighted by molar-refractivity contribution is 6.78. The monoisotopic (exact) mass is 456 g/mol. The molecule has 0 aromatic heterocycles. The van der Waals surface area contributed by atoms with E-state index in [-0.39, 0.29) is 12.2 Å². The first kappa shape index (κ1) is 25.3. The first-order chi connectivity index (χ1) is 15.3. The molecule has 0 spiro atoms. The van der Waals surface area contributed by atoms with Crippen LogP contribution in [0.15, 0.2) is 30.3 Å². The molecular formula is C28H44O3Si. The van der Waals surface area contributed by atoms with Crippen LogP contribution in [0.1, 0.15) is 98.0 Å². The summed E-state index contributed by atoms with van der Waals surface area (Å²) in [6, 6.07) is 11.0. The van der Waals surface area contributed by atoms with Gasteiger partial charge in [0.2, 0.25) is 0 Å². The highest BCUT2D eigenvalue weighted by Gasteiger charge is 2.47. The standard InChI is InChI=1S/C28H44O3Si/c1-9-11-16-30-27-18-25(29-10-2)24-17-26(22-14-12-13-15-23(22)28(24)27)31-32(19(3)4,20(5)6)21(7)8/h12-15,17,19-21,25,27H,9-11,16,18H2,1-8H3. The minimum atomic E-state index is -2.07. The van der Waals surface area contributed by atoms with E-state index in [1.165, 1.54) is 21.9 Å². The third kappa shape index (κ3) is 4.64. The molecule has 2 unspecified atom stereocenters. The van der Waals surface area contributed by atoms with Gasteiger partial charge in [-0.15, -0.1) is 0 Å². The number of hydrogen-bond donors (Lipinski definition) is 0. The number of hydrogen-bond acceptors (Lipinski definition) is 3. The van der Waals surface area contributed by atoms with Crippen molar-refractivity contribution in [3.63, 3.8) is 0 Å². The van der Waals surface area contributed by atoms with E-state index < -0.39 is 8.32 Å². The second-order valence-corrected chi connectivity index (χ2v) is 15.6. The zero-order chi connectivity index (χ0) is 23.5. The minimum Gasteiger partial charge on any atom is -0.542 e. The van der Waals surface area contributed by atoms with Crippen LogP contribution in [0.2, 0.25) is 16.6 Å². The van der Waals surface area contributed by atoms with Crippen LogP contribution in [0.25, 0.3) is 10.8 Å². The van der Waals surface area contributed by atoms with Crippen molar-refractivity contribution in [2.24, 2.45) is 0 Å². The number of rotatable bonds is 11. The molecule has 178 valence electrons. The molecule has 0 N–H and O–H groups in total. The van der Waals surface area contributed by atoms with Gasteiger partial charge in [-0.05, 0) is 52.5 Å². The molecule has 0 bridgehead atoms. The molecule has 0 saturated heterocycles. The lowest BCUT2D eigenvalue weighted by Crippen LogP contribution is -2.50. The van der Waals surface area contributed by atoms with Gasteiger partial charge in [-0.3, -0.25) is 0 Å². The van der Waals surface area contributed by atoms with Crippen molar-refractivity contribution < 1.29 is 13.9 Å². The molecule has 3 rings (SSSR count). The summed E-state index contributed by atoms with van der Waals surface area (Å²) in [5.74, 6) is 1.04. The molecule has 0 radical (unpaired) electrons. The van der Waals surface area contributed by atoms with E-state index in [2.05, 4.69) is 85.7 Å². The Kier molecular flexibility index (Phi) is 8.46. The third-order valence-electron chi connectivity index (χ3n) is 7.36. The molecule has 0 heterocycles. The summed E-state index contributed by atoms with van der Waals surface area (Å²) in [6.45, 7) is 19.9. The van der Waals surface area contributed by atoms with Crippen LogP contribution in [-0.4, -0.2) is 21.5 Å². The number of ether oxygens (including phenoxy) is 2. The van der Waals surface area contributed by atoms with Gasteiger partial charge in [0.25, 0.3) is 8.32 Å². The maximum atomic E-state index is 7.23. The maximum Gasteiger partial charge on any atom is 0.258 e. The summed E-state index contributed by atoms with van der Waals surface area (Å²) in [5, 5.41) is 2.48. The Morgan fingerprint density at radius 2 is 1.50 bits per heavy atom. The molecule has 1 aliphatic carbocycles. The summed E-state index contributed by atoms with van der Waals surface area (Å²) in [6.07, 6.45) is 3.29. The second kappa shape index (κ2) is 10.7. The van der Waals surface area contributed by atoms with Gasteiger partial charge in [0, 0.05) is 25.0 Å². The summed E-state index contributed by atoms with van der Waals surface area (Å²) in [4.78, 5) is 0. The van der Waals surface area contributed by atoms with Crippen molar-refractivity contribution in [1.29, 1.82) is 0 Å². The summed E-state index contributed by atoms with van der Waals surface area (Å²) < 4.78 is 19.8. The molecule has 0 saturated carbocycles. The molecule has 0 aliphatic heterocycles. The van der Waals surface area contributed by atoms with E-state index in [4.69, 9.17) is 13.9 Å². The lowest BCUT2D eigenvalue weighted by molar-refractivity contribution is 0.00217. The molecular weight excluding hydrogens is 412 g/mol. The number of unbranched alkanes of at least 4 members (excludes halogenated alkanes) is 1. The predicted octanol–water partition coefficient (Wildman–Crippen LogP) is 8.73. The zero-order valence-corrected chi connectivity index (χ0v) is 22.5. The van der Waals surface area contributed by atoms with Gasteiger partial charge in [-0.2, -0.15) is 0 Å². The van der Waals surface area contributed by atoms with Crippen molar-refractivity contribution in [2.45, 2.75) is 103 Å². The van der Waals surface area contributed by atoms with Crippen LogP contribution in [-0.2, 0) is 9.47 Å². The van der Waals surface area contributed by atoms with Gasteiger partial charge in [0.05, 0.1) is 12.2 Å². The van der Waals surface area contributed by atoms with Crippen molar-refractivity contribution in [2.75, 3.05) is 13.2 Å². The average molecular weight is 457 g/mol. The highest BCUT2D eigenvalue weighted by Crippen LogP contribution is 2.51. The van der Waals surface area contributed by atoms with E-state index in [1.54, 1.807) is 0 Å². The van der Waals surface area contributed by atoms with E-state index in [1.807, 2.05) is 0 Å². The van der Waals surface area contributed by atoms with Crippen molar-refractivity contribution in [3.05, 3.63) is 41.5 Å². The highest BCUT2D eigenvalue weighted by atomic mass is 28.4. The number of fused-ring (bicyclic) bond motifs is 3. The normalized spacial score (nSPS) is 18.8. The first-order valence-electron chi connectivity index (χ1n) is 12.7. The third-order valence-corrected chi connectivity index (χ3v) is 13.3. The Bertz CT molecular complexity index is 868. The second-order valence-electron chi connectivity index (χ2n) is 10.2. The van der Waals surface area contributed by atoms with E-state index in [0.29, 0.717) is 23.2 Å². The van der Waals surface area contributed by atoms with Gasteiger partial charge < -0.3 is 13.9 Å². The van der Waals surface area contributed by atoms with Crippen LogP contribution in [0.4, 0.5) is 0 Å². The van der Waals surface area contributed by atoms with Crippen LogP contribution < -0.4 is 4.43 Å². The van der Waals surface area contributed by atoms with Crippen molar-refractivity contribution >= 4 is 19.1 Å². The predicted molar refractivity (Wildman–Crippen MR) is 138 cm³/mol. The quantitative estimate of drug-likeness (QED) is 0.250. The molecule has 3 nitrogen and oxygen atoms in total. The molecule has 2 atom stereocenters. The lowest BCUT2D eigenvalue weighted by Gasteiger charge is -2.42. The smallest absolute Gasteiger partial charge is 0.258 e. The van der Waals surface area contributed by atoms with Gasteiger partial charge in [-0.25, -0.2) is 0 Å². The van der Waals surface area contributed by atoms with E-state index in [0.717, 1.165) is 31.6 Å². The van der Waals surface area contributed by atoms with Gasteiger partial charge >= 0.3 is 0 Å². The van der Waals surface area contributed by atoms with Crippen molar-refractivity contribution in [3.8, 4) is 5.75 Å². The van der Waals surface area contributed by atoms with Gasteiger partial charge in [0.1, 0.15) is 5.75 Å².